The van der Waals surface area contributed by atoms with Crippen LogP contribution in [0.25, 0.3) is 0 Å². The van der Waals surface area contributed by atoms with Crippen LogP contribution in [-0.4, -0.2) is 48.8 Å². The van der Waals surface area contributed by atoms with Gasteiger partial charge in [-0.15, -0.1) is 0 Å². The fourth-order valence-corrected chi connectivity index (χ4v) is 3.67. The number of aromatic amines is 1. The number of rotatable bonds is 12. The number of hydrogen-bond acceptors (Lipinski definition) is 6. The Balaban J connectivity index is 2.46. The smallest absolute Gasteiger partial charge is 0.330 e. The Bertz CT molecular complexity index is 1030. The number of benzene rings is 1. The number of ether oxygens (including phenoxy) is 1. The largest absolute Gasteiger partial charge is 0.383 e. The van der Waals surface area contributed by atoms with Gasteiger partial charge in [-0.1, -0.05) is 27.2 Å². The predicted molar refractivity (Wildman–Crippen MR) is 133 cm³/mol. The molecule has 2 aromatic rings. The van der Waals surface area contributed by atoms with Gasteiger partial charge in [0.15, 0.2) is 5.69 Å². The Morgan fingerprint density at radius 2 is 1.82 bits per heavy atom. The first-order valence-corrected chi connectivity index (χ1v) is 11.5. The van der Waals surface area contributed by atoms with E-state index in [9.17, 15) is 14.4 Å². The number of carbonyl (C=O) groups is 1. The highest BCUT2D eigenvalue weighted by Gasteiger charge is 2.25. The Labute approximate surface area is 195 Å². The molecule has 33 heavy (non-hydrogen) atoms. The third kappa shape index (κ3) is 6.47. The van der Waals surface area contributed by atoms with E-state index >= 15 is 0 Å². The van der Waals surface area contributed by atoms with Gasteiger partial charge in [-0.05, 0) is 43.5 Å². The standard InChI is InChI=1S/C24H37N5O4/c1-6-8-13-27(7-2)19-11-9-18(10-12-19)23(31)28(14-15-33-5)20-21(25)29(16-17(3)4)24(32)26-22(20)30/h9-12,17H,6-8,13-16,25H2,1-5H3,(H,26,30,32). The summed E-state index contributed by atoms with van der Waals surface area (Å²) in [7, 11) is 1.51. The highest BCUT2D eigenvalue weighted by Crippen LogP contribution is 2.22. The van der Waals surface area contributed by atoms with Gasteiger partial charge in [-0.2, -0.15) is 0 Å². The summed E-state index contributed by atoms with van der Waals surface area (Å²) in [4.78, 5) is 44.4. The van der Waals surface area contributed by atoms with Crippen LogP contribution in [0.15, 0.2) is 33.9 Å². The minimum Gasteiger partial charge on any atom is -0.383 e. The summed E-state index contributed by atoms with van der Waals surface area (Å²) in [6.45, 7) is 10.6. The summed E-state index contributed by atoms with van der Waals surface area (Å²) in [6, 6.07) is 7.32. The number of nitrogen functional groups attached to an aromatic ring is 1. The van der Waals surface area contributed by atoms with Gasteiger partial charge in [-0.25, -0.2) is 4.79 Å². The van der Waals surface area contributed by atoms with Crippen molar-refractivity contribution in [1.82, 2.24) is 9.55 Å². The number of nitrogens with zero attached hydrogens (tertiary/aromatic N) is 3. The van der Waals surface area contributed by atoms with Gasteiger partial charge in [0, 0.05) is 44.5 Å². The molecule has 0 radical (unpaired) electrons. The van der Waals surface area contributed by atoms with E-state index < -0.39 is 11.2 Å². The molecule has 1 amide bonds. The number of unbranched alkanes of at least 4 members (excludes halogenated alkanes) is 1. The number of hydrogen-bond donors (Lipinski definition) is 2. The third-order valence-corrected chi connectivity index (χ3v) is 5.44. The van der Waals surface area contributed by atoms with E-state index in [2.05, 4.69) is 23.7 Å². The molecule has 0 spiro atoms. The molecule has 182 valence electrons. The Morgan fingerprint density at radius 3 is 2.36 bits per heavy atom. The molecule has 0 aliphatic heterocycles. The summed E-state index contributed by atoms with van der Waals surface area (Å²) >= 11 is 0. The Hall–Kier alpha value is -3.07. The number of H-pyrrole nitrogens is 1. The van der Waals surface area contributed by atoms with Gasteiger partial charge in [0.1, 0.15) is 5.82 Å². The zero-order valence-electron chi connectivity index (χ0n) is 20.4. The minimum absolute atomic E-state index is 0.0322. The lowest BCUT2D eigenvalue weighted by Gasteiger charge is -2.26. The average Bonchev–Trinajstić information content (AvgIpc) is 2.79. The average molecular weight is 460 g/mol. The molecular weight excluding hydrogens is 422 g/mol. The molecule has 1 aromatic carbocycles. The summed E-state index contributed by atoms with van der Waals surface area (Å²) in [6.07, 6.45) is 2.20. The van der Waals surface area contributed by atoms with Crippen molar-refractivity contribution >= 4 is 23.1 Å². The molecule has 0 bridgehead atoms. The molecule has 9 nitrogen and oxygen atoms in total. The number of amides is 1. The van der Waals surface area contributed by atoms with Crippen LogP contribution in [0.2, 0.25) is 0 Å². The van der Waals surface area contributed by atoms with Crippen LogP contribution in [0.5, 0.6) is 0 Å². The van der Waals surface area contributed by atoms with Crippen LogP contribution in [0.3, 0.4) is 0 Å². The van der Waals surface area contributed by atoms with Crippen LogP contribution in [0, 0.1) is 5.92 Å². The van der Waals surface area contributed by atoms with E-state index in [0.717, 1.165) is 31.6 Å². The van der Waals surface area contributed by atoms with Crippen molar-refractivity contribution < 1.29 is 9.53 Å². The molecule has 0 saturated heterocycles. The van der Waals surface area contributed by atoms with Crippen LogP contribution in [0.1, 0.15) is 50.9 Å². The maximum Gasteiger partial charge on any atom is 0.330 e. The van der Waals surface area contributed by atoms with E-state index in [1.165, 1.54) is 16.6 Å². The van der Waals surface area contributed by atoms with E-state index in [1.54, 1.807) is 12.1 Å². The molecule has 9 heteroatoms. The van der Waals surface area contributed by atoms with E-state index in [4.69, 9.17) is 10.5 Å². The minimum atomic E-state index is -0.699. The molecular formula is C24H37N5O4. The predicted octanol–water partition coefficient (Wildman–Crippen LogP) is 2.69. The second kappa shape index (κ2) is 12.2. The third-order valence-electron chi connectivity index (χ3n) is 5.44. The van der Waals surface area contributed by atoms with Gasteiger partial charge in [0.05, 0.1) is 6.61 Å². The molecule has 3 N–H and O–H groups in total. The van der Waals surface area contributed by atoms with Crippen LogP contribution in [-0.2, 0) is 11.3 Å². The molecule has 2 rings (SSSR count). The maximum atomic E-state index is 13.5. The molecule has 0 aliphatic rings. The molecule has 0 unspecified atom stereocenters. The fraction of sp³-hybridized carbons (Fsp3) is 0.542. The first-order chi connectivity index (χ1) is 15.7. The van der Waals surface area contributed by atoms with Gasteiger partial charge in [0.2, 0.25) is 0 Å². The van der Waals surface area contributed by atoms with Crippen LogP contribution < -0.4 is 26.8 Å². The highest BCUT2D eigenvalue weighted by molar-refractivity contribution is 6.07. The van der Waals surface area contributed by atoms with Gasteiger partial charge < -0.3 is 15.4 Å². The van der Waals surface area contributed by atoms with Crippen molar-refractivity contribution in [2.45, 2.75) is 47.1 Å². The number of nitrogens with two attached hydrogens (primary N) is 1. The Morgan fingerprint density at radius 1 is 1.15 bits per heavy atom. The van der Waals surface area contributed by atoms with Crippen molar-refractivity contribution in [2.75, 3.05) is 48.9 Å². The normalized spacial score (nSPS) is 11.1. The summed E-state index contributed by atoms with van der Waals surface area (Å²) in [5.41, 5.74) is 6.37. The molecule has 0 saturated carbocycles. The fourth-order valence-electron chi connectivity index (χ4n) is 3.67. The lowest BCUT2D eigenvalue weighted by Crippen LogP contribution is -2.42. The second-order valence-corrected chi connectivity index (χ2v) is 8.43. The number of methoxy groups -OCH3 is 1. The number of nitrogens with one attached hydrogen (secondary N) is 1. The summed E-state index contributed by atoms with van der Waals surface area (Å²) in [5, 5.41) is 0. The molecule has 1 aromatic heterocycles. The highest BCUT2D eigenvalue weighted by atomic mass is 16.5. The van der Waals surface area contributed by atoms with Crippen LogP contribution in [0.4, 0.5) is 17.2 Å². The maximum absolute atomic E-state index is 13.5. The van der Waals surface area contributed by atoms with Crippen molar-refractivity contribution in [3.8, 4) is 0 Å². The molecule has 0 aliphatic carbocycles. The summed E-state index contributed by atoms with van der Waals surface area (Å²) in [5.74, 6) is -0.300. The first-order valence-electron chi connectivity index (χ1n) is 11.5. The van der Waals surface area contributed by atoms with Crippen molar-refractivity contribution in [3.63, 3.8) is 0 Å². The van der Waals surface area contributed by atoms with Gasteiger partial charge >= 0.3 is 5.69 Å². The quantitative estimate of drug-likeness (QED) is 0.504. The number of aromatic nitrogens is 2. The van der Waals surface area contributed by atoms with Crippen molar-refractivity contribution in [1.29, 1.82) is 0 Å². The molecule has 0 atom stereocenters. The zero-order valence-corrected chi connectivity index (χ0v) is 20.4. The molecule has 0 fully saturated rings. The van der Waals surface area contributed by atoms with Crippen molar-refractivity contribution in [2.24, 2.45) is 5.92 Å². The number of carbonyl (C=O) groups excluding carboxylic acids is 1. The van der Waals surface area contributed by atoms with E-state index in [0.29, 0.717) is 12.1 Å². The lowest BCUT2D eigenvalue weighted by atomic mass is 10.1. The lowest BCUT2D eigenvalue weighted by molar-refractivity contribution is 0.0975. The second-order valence-electron chi connectivity index (χ2n) is 8.43. The monoisotopic (exact) mass is 459 g/mol. The SMILES string of the molecule is CCCCN(CC)c1ccc(C(=O)N(CCOC)c2c(N)n(CC(C)C)c(=O)[nH]c2=O)cc1. The van der Waals surface area contributed by atoms with E-state index in [-0.39, 0.29) is 36.5 Å². The zero-order chi connectivity index (χ0) is 24.5. The van der Waals surface area contributed by atoms with Crippen LogP contribution >= 0.6 is 0 Å². The number of anilines is 3. The van der Waals surface area contributed by atoms with Gasteiger partial charge in [-0.3, -0.25) is 24.0 Å². The Kier molecular flexibility index (Phi) is 9.72. The van der Waals surface area contributed by atoms with Crippen molar-refractivity contribution in [3.05, 3.63) is 50.7 Å². The first kappa shape index (κ1) is 26.2. The van der Waals surface area contributed by atoms with Gasteiger partial charge in [0.25, 0.3) is 11.5 Å². The topological polar surface area (TPSA) is 114 Å². The van der Waals surface area contributed by atoms with E-state index in [1.807, 2.05) is 26.0 Å². The summed E-state index contributed by atoms with van der Waals surface area (Å²) < 4.78 is 6.45. The molecule has 1 heterocycles.